The molecule has 0 spiro atoms. The Labute approximate surface area is 90.0 Å². The van der Waals surface area contributed by atoms with Crippen LogP contribution in [-0.2, 0) is 14.3 Å². The van der Waals surface area contributed by atoms with Gasteiger partial charge in [-0.25, -0.2) is 0 Å². The quantitative estimate of drug-likeness (QED) is 0.478. The van der Waals surface area contributed by atoms with Crippen molar-refractivity contribution < 1.29 is 14.3 Å². The van der Waals surface area contributed by atoms with Crippen LogP contribution in [-0.4, -0.2) is 61.5 Å². The first-order valence-electron chi connectivity index (χ1n) is 5.24. The minimum atomic E-state index is -0.460. The maximum Gasteiger partial charge on any atom is 0.315 e. The van der Waals surface area contributed by atoms with Crippen LogP contribution in [0.4, 0.5) is 0 Å². The highest BCUT2D eigenvalue weighted by atomic mass is 16.5. The molecule has 1 saturated heterocycles. The Hall–Kier alpha value is -1.10. The van der Waals surface area contributed by atoms with Crippen LogP contribution in [0.15, 0.2) is 0 Å². The summed E-state index contributed by atoms with van der Waals surface area (Å²) in [5.41, 5.74) is 0. The topological polar surface area (TPSA) is 49.9 Å². The largest absolute Gasteiger partial charge is 0.469 e. The standard InChI is InChI=1S/C10H18N2O3/c1-3-11-4-6-12(7-5-11)9(13)8-10(14)15-2/h3-8H2,1-2H3. The SMILES string of the molecule is CCN1CCN(C(=O)CC(=O)OC)CC1. The van der Waals surface area contributed by atoms with Crippen LogP contribution in [0.3, 0.4) is 0 Å². The number of carbonyl (C=O) groups excluding carboxylic acids is 2. The first-order valence-corrected chi connectivity index (χ1v) is 5.24. The predicted octanol–water partition coefficient (Wildman–Crippen LogP) is -0.286. The van der Waals surface area contributed by atoms with Gasteiger partial charge < -0.3 is 14.5 Å². The van der Waals surface area contributed by atoms with Crippen molar-refractivity contribution in [1.29, 1.82) is 0 Å². The number of esters is 1. The normalized spacial score (nSPS) is 17.6. The summed E-state index contributed by atoms with van der Waals surface area (Å²) >= 11 is 0. The maximum atomic E-state index is 11.6. The Morgan fingerprint density at radius 1 is 1.20 bits per heavy atom. The molecule has 0 aromatic heterocycles. The third-order valence-corrected chi connectivity index (χ3v) is 2.70. The number of piperazine rings is 1. The third-order valence-electron chi connectivity index (χ3n) is 2.70. The molecule has 5 nitrogen and oxygen atoms in total. The number of rotatable bonds is 3. The lowest BCUT2D eigenvalue weighted by atomic mass is 10.3. The number of likely N-dealkylation sites (N-methyl/N-ethyl adjacent to an activating group) is 1. The summed E-state index contributed by atoms with van der Waals surface area (Å²) < 4.78 is 4.46. The molecule has 1 rings (SSSR count). The van der Waals surface area contributed by atoms with E-state index in [-0.39, 0.29) is 12.3 Å². The van der Waals surface area contributed by atoms with E-state index in [1.807, 2.05) is 0 Å². The number of hydrogen-bond acceptors (Lipinski definition) is 4. The fourth-order valence-electron chi connectivity index (χ4n) is 1.62. The molecule has 1 aliphatic heterocycles. The molecule has 0 saturated carbocycles. The molecule has 1 aliphatic rings. The average molecular weight is 214 g/mol. The van der Waals surface area contributed by atoms with Gasteiger partial charge in [-0.15, -0.1) is 0 Å². The van der Waals surface area contributed by atoms with Gasteiger partial charge in [0.05, 0.1) is 7.11 Å². The van der Waals surface area contributed by atoms with Crippen molar-refractivity contribution in [3.8, 4) is 0 Å². The van der Waals surface area contributed by atoms with Crippen LogP contribution in [0.2, 0.25) is 0 Å². The van der Waals surface area contributed by atoms with Crippen LogP contribution >= 0.6 is 0 Å². The molecule has 0 aliphatic carbocycles. The number of hydrogen-bond donors (Lipinski definition) is 0. The Kier molecular flexibility index (Phi) is 4.55. The highest BCUT2D eigenvalue weighted by molar-refractivity contribution is 5.94. The summed E-state index contributed by atoms with van der Waals surface area (Å²) in [7, 11) is 1.30. The van der Waals surface area contributed by atoms with E-state index < -0.39 is 5.97 Å². The zero-order chi connectivity index (χ0) is 11.3. The van der Waals surface area contributed by atoms with E-state index in [4.69, 9.17) is 0 Å². The van der Waals surface area contributed by atoms with Crippen molar-refractivity contribution >= 4 is 11.9 Å². The monoisotopic (exact) mass is 214 g/mol. The highest BCUT2D eigenvalue weighted by Gasteiger charge is 2.21. The van der Waals surface area contributed by atoms with Crippen LogP contribution in [0.1, 0.15) is 13.3 Å². The summed E-state index contributed by atoms with van der Waals surface area (Å²) in [6.07, 6.45) is -0.136. The van der Waals surface area contributed by atoms with E-state index in [1.165, 1.54) is 7.11 Å². The Bertz CT molecular complexity index is 235. The number of nitrogens with zero attached hydrogens (tertiary/aromatic N) is 2. The molecule has 0 aromatic rings. The van der Waals surface area contributed by atoms with Gasteiger partial charge in [-0.05, 0) is 6.54 Å². The average Bonchev–Trinajstić information content (AvgIpc) is 2.29. The van der Waals surface area contributed by atoms with Crippen molar-refractivity contribution in [2.75, 3.05) is 39.8 Å². The van der Waals surface area contributed by atoms with Crippen LogP contribution in [0.5, 0.6) is 0 Å². The molecule has 0 bridgehead atoms. The summed E-state index contributed by atoms with van der Waals surface area (Å²) in [6, 6.07) is 0. The zero-order valence-corrected chi connectivity index (χ0v) is 9.36. The van der Waals surface area contributed by atoms with Gasteiger partial charge in [-0.3, -0.25) is 9.59 Å². The summed E-state index contributed by atoms with van der Waals surface area (Å²) in [6.45, 7) is 6.32. The molecule has 1 fully saturated rings. The van der Waals surface area contributed by atoms with Crippen molar-refractivity contribution in [2.45, 2.75) is 13.3 Å². The number of amides is 1. The van der Waals surface area contributed by atoms with Gasteiger partial charge in [0, 0.05) is 26.2 Å². The lowest BCUT2D eigenvalue weighted by Crippen LogP contribution is -2.48. The fraction of sp³-hybridized carbons (Fsp3) is 0.800. The van der Waals surface area contributed by atoms with E-state index in [0.717, 1.165) is 19.6 Å². The molecule has 5 heteroatoms. The summed E-state index contributed by atoms with van der Waals surface area (Å²) in [5, 5.41) is 0. The number of carbonyl (C=O) groups is 2. The van der Waals surface area contributed by atoms with Crippen LogP contribution in [0.25, 0.3) is 0 Å². The lowest BCUT2D eigenvalue weighted by Gasteiger charge is -2.33. The second kappa shape index (κ2) is 5.70. The second-order valence-electron chi connectivity index (χ2n) is 3.57. The summed E-state index contributed by atoms with van der Waals surface area (Å²) in [4.78, 5) is 26.5. The van der Waals surface area contributed by atoms with E-state index in [0.29, 0.717) is 13.1 Å². The first kappa shape index (κ1) is 12.0. The Morgan fingerprint density at radius 3 is 2.27 bits per heavy atom. The fourth-order valence-corrected chi connectivity index (χ4v) is 1.62. The first-order chi connectivity index (χ1) is 7.17. The second-order valence-corrected chi connectivity index (χ2v) is 3.57. The smallest absolute Gasteiger partial charge is 0.315 e. The number of ether oxygens (including phenoxy) is 1. The van der Waals surface area contributed by atoms with Gasteiger partial charge in [0.2, 0.25) is 5.91 Å². The molecule has 1 heterocycles. The molecular formula is C10H18N2O3. The van der Waals surface area contributed by atoms with Gasteiger partial charge in [0.25, 0.3) is 0 Å². The predicted molar refractivity (Wildman–Crippen MR) is 55.3 cm³/mol. The molecule has 0 aromatic carbocycles. The molecule has 86 valence electrons. The molecule has 15 heavy (non-hydrogen) atoms. The van der Waals surface area contributed by atoms with E-state index in [2.05, 4.69) is 16.6 Å². The van der Waals surface area contributed by atoms with Crippen molar-refractivity contribution in [3.63, 3.8) is 0 Å². The molecule has 0 radical (unpaired) electrons. The van der Waals surface area contributed by atoms with Crippen molar-refractivity contribution in [3.05, 3.63) is 0 Å². The summed E-state index contributed by atoms with van der Waals surface area (Å²) in [5.74, 6) is -0.587. The van der Waals surface area contributed by atoms with Crippen LogP contribution in [0, 0.1) is 0 Å². The third kappa shape index (κ3) is 3.51. The van der Waals surface area contributed by atoms with Gasteiger partial charge in [0.15, 0.2) is 0 Å². The maximum absolute atomic E-state index is 11.6. The molecule has 0 unspecified atom stereocenters. The van der Waals surface area contributed by atoms with Crippen LogP contribution < -0.4 is 0 Å². The molecule has 1 amide bonds. The minimum absolute atomic E-state index is 0.127. The van der Waals surface area contributed by atoms with E-state index in [1.54, 1.807) is 4.90 Å². The zero-order valence-electron chi connectivity index (χ0n) is 9.36. The Balaban J connectivity index is 2.33. The Morgan fingerprint density at radius 2 is 1.80 bits per heavy atom. The molecule has 0 N–H and O–H groups in total. The molecular weight excluding hydrogens is 196 g/mol. The minimum Gasteiger partial charge on any atom is -0.469 e. The van der Waals surface area contributed by atoms with Crippen molar-refractivity contribution in [1.82, 2.24) is 9.80 Å². The van der Waals surface area contributed by atoms with Gasteiger partial charge in [-0.1, -0.05) is 6.92 Å². The van der Waals surface area contributed by atoms with Gasteiger partial charge >= 0.3 is 5.97 Å². The van der Waals surface area contributed by atoms with E-state index >= 15 is 0 Å². The lowest BCUT2D eigenvalue weighted by molar-refractivity contribution is -0.147. The van der Waals surface area contributed by atoms with Gasteiger partial charge in [-0.2, -0.15) is 0 Å². The van der Waals surface area contributed by atoms with Gasteiger partial charge in [0.1, 0.15) is 6.42 Å². The van der Waals surface area contributed by atoms with E-state index in [9.17, 15) is 9.59 Å². The van der Waals surface area contributed by atoms with Crippen molar-refractivity contribution in [2.24, 2.45) is 0 Å². The molecule has 0 atom stereocenters. The highest BCUT2D eigenvalue weighted by Crippen LogP contribution is 2.03. The number of methoxy groups -OCH3 is 1.